The van der Waals surface area contributed by atoms with Gasteiger partial charge in [0.15, 0.2) is 0 Å². The molecule has 19 heavy (non-hydrogen) atoms. The number of carbonyl (C=O) groups excluding carboxylic acids is 1. The lowest BCUT2D eigenvalue weighted by Gasteiger charge is -2.10. The molecule has 1 rings (SSSR count). The predicted octanol–water partition coefficient (Wildman–Crippen LogP) is 2.29. The van der Waals surface area contributed by atoms with Crippen LogP contribution in [-0.4, -0.2) is 20.1 Å². The third-order valence-corrected chi connectivity index (χ3v) is 4.51. The van der Waals surface area contributed by atoms with Gasteiger partial charge in [-0.2, -0.15) is 0 Å². The molecule has 1 N–H and O–H groups in total. The Morgan fingerprint density at radius 2 is 2.00 bits per heavy atom. The van der Waals surface area contributed by atoms with E-state index in [-0.39, 0.29) is 18.1 Å². The molecule has 0 atom stereocenters. The number of hydrogen-bond donors (Lipinski definition) is 1. The second-order valence-electron chi connectivity index (χ2n) is 4.91. The molecule has 1 aromatic carbocycles. The van der Waals surface area contributed by atoms with Crippen molar-refractivity contribution < 1.29 is 13.2 Å². The Balaban J connectivity index is 2.76. The summed E-state index contributed by atoms with van der Waals surface area (Å²) >= 11 is 6.00. The monoisotopic (exact) mass is 303 g/mol. The third kappa shape index (κ3) is 5.20. The highest BCUT2D eigenvalue weighted by Crippen LogP contribution is 2.19. The molecule has 1 aromatic rings. The number of sulfonamides is 1. The number of aryl methyl sites for hydroxylation is 1. The van der Waals surface area contributed by atoms with Crippen LogP contribution in [0.4, 0.5) is 0 Å². The average molecular weight is 304 g/mol. The third-order valence-electron chi connectivity index (χ3n) is 2.51. The van der Waals surface area contributed by atoms with E-state index in [0.717, 1.165) is 5.56 Å². The maximum absolute atomic E-state index is 11.8. The van der Waals surface area contributed by atoms with Gasteiger partial charge in [0, 0.05) is 5.02 Å². The van der Waals surface area contributed by atoms with Crippen molar-refractivity contribution in [3.05, 3.63) is 34.3 Å². The van der Waals surface area contributed by atoms with E-state index in [2.05, 4.69) is 4.72 Å². The van der Waals surface area contributed by atoms with Crippen molar-refractivity contribution in [1.82, 2.24) is 4.72 Å². The van der Waals surface area contributed by atoms with Crippen molar-refractivity contribution in [2.24, 2.45) is 5.92 Å². The summed E-state index contributed by atoms with van der Waals surface area (Å²) in [5.41, 5.74) is 1.52. The first-order valence-electron chi connectivity index (χ1n) is 5.98. The van der Waals surface area contributed by atoms with Gasteiger partial charge in [0.25, 0.3) is 0 Å². The fraction of sp³-hybridized carbons (Fsp3) is 0.462. The van der Waals surface area contributed by atoms with Crippen LogP contribution in [0.3, 0.4) is 0 Å². The summed E-state index contributed by atoms with van der Waals surface area (Å²) in [5, 5.41) is 0.469. The lowest BCUT2D eigenvalue weighted by molar-refractivity contribution is -0.118. The van der Waals surface area contributed by atoms with Crippen molar-refractivity contribution in [1.29, 1.82) is 0 Å². The smallest absolute Gasteiger partial charge is 0.237 e. The number of carbonyl (C=O) groups is 1. The van der Waals surface area contributed by atoms with Crippen LogP contribution < -0.4 is 4.72 Å². The molecule has 0 aromatic heterocycles. The second kappa shape index (κ2) is 6.39. The van der Waals surface area contributed by atoms with Gasteiger partial charge in [-0.15, -0.1) is 0 Å². The van der Waals surface area contributed by atoms with Crippen LogP contribution in [0.5, 0.6) is 0 Å². The van der Waals surface area contributed by atoms with Crippen molar-refractivity contribution in [2.75, 3.05) is 5.75 Å². The van der Waals surface area contributed by atoms with Gasteiger partial charge in [0.1, 0.15) is 0 Å². The fourth-order valence-electron chi connectivity index (χ4n) is 1.74. The lowest BCUT2D eigenvalue weighted by Crippen LogP contribution is -2.35. The van der Waals surface area contributed by atoms with E-state index in [1.807, 2.05) is 13.0 Å². The summed E-state index contributed by atoms with van der Waals surface area (Å²) in [6, 6.07) is 5.30. The topological polar surface area (TPSA) is 63.2 Å². The molecule has 0 unspecified atom stereocenters. The molecule has 0 saturated carbocycles. The zero-order chi connectivity index (χ0) is 14.6. The van der Waals surface area contributed by atoms with Gasteiger partial charge in [0.05, 0.1) is 12.2 Å². The summed E-state index contributed by atoms with van der Waals surface area (Å²) in [6.45, 7) is 5.39. The molecule has 1 amide bonds. The zero-order valence-electron chi connectivity index (χ0n) is 11.2. The van der Waals surface area contributed by atoms with Gasteiger partial charge in [0.2, 0.25) is 15.9 Å². The van der Waals surface area contributed by atoms with Crippen LogP contribution in [0.25, 0.3) is 0 Å². The molecule has 106 valence electrons. The van der Waals surface area contributed by atoms with E-state index in [0.29, 0.717) is 10.6 Å². The minimum absolute atomic E-state index is 0.0349. The predicted molar refractivity (Wildman–Crippen MR) is 76.7 cm³/mol. The minimum atomic E-state index is -3.57. The zero-order valence-corrected chi connectivity index (χ0v) is 12.8. The van der Waals surface area contributed by atoms with Crippen LogP contribution >= 0.6 is 11.6 Å². The Labute approximate surface area is 119 Å². The standard InChI is InChI=1S/C13H18ClNO3S/c1-9(2)8-19(17,18)15-13(16)7-11-10(3)5-4-6-12(11)14/h4-6,9H,7-8H2,1-3H3,(H,15,16). The van der Waals surface area contributed by atoms with Gasteiger partial charge in [-0.1, -0.05) is 37.6 Å². The number of amides is 1. The molecule has 4 nitrogen and oxygen atoms in total. The van der Waals surface area contributed by atoms with E-state index in [9.17, 15) is 13.2 Å². The molecule has 0 aliphatic heterocycles. The highest BCUT2D eigenvalue weighted by atomic mass is 35.5. The van der Waals surface area contributed by atoms with E-state index in [1.54, 1.807) is 26.0 Å². The number of halogens is 1. The molecule has 0 radical (unpaired) electrons. The van der Waals surface area contributed by atoms with Crippen LogP contribution in [0, 0.1) is 12.8 Å². The number of hydrogen-bond acceptors (Lipinski definition) is 3. The summed E-state index contributed by atoms with van der Waals surface area (Å²) in [4.78, 5) is 11.8. The number of nitrogens with one attached hydrogen (secondary N) is 1. The first-order chi connectivity index (χ1) is 8.71. The SMILES string of the molecule is Cc1cccc(Cl)c1CC(=O)NS(=O)(=O)CC(C)C. The Kier molecular flexibility index (Phi) is 5.38. The molecule has 0 spiro atoms. The highest BCUT2D eigenvalue weighted by molar-refractivity contribution is 7.90. The van der Waals surface area contributed by atoms with Gasteiger partial charge >= 0.3 is 0 Å². The molecule has 0 bridgehead atoms. The highest BCUT2D eigenvalue weighted by Gasteiger charge is 2.18. The van der Waals surface area contributed by atoms with Crippen molar-refractivity contribution in [3.8, 4) is 0 Å². The Hall–Kier alpha value is -1.07. The first kappa shape index (κ1) is 16.0. The summed E-state index contributed by atoms with van der Waals surface area (Å²) in [7, 11) is -3.57. The van der Waals surface area contributed by atoms with E-state index < -0.39 is 15.9 Å². The summed E-state index contributed by atoms with van der Waals surface area (Å²) < 4.78 is 25.4. The van der Waals surface area contributed by atoms with Crippen molar-refractivity contribution in [3.63, 3.8) is 0 Å². The molecule has 0 saturated heterocycles. The largest absolute Gasteiger partial charge is 0.274 e. The molecule has 0 aliphatic rings. The summed E-state index contributed by atoms with van der Waals surface area (Å²) in [6.07, 6.45) is -0.0389. The van der Waals surface area contributed by atoms with Gasteiger partial charge < -0.3 is 0 Å². The quantitative estimate of drug-likeness (QED) is 0.908. The first-order valence-corrected chi connectivity index (χ1v) is 8.01. The molecular weight excluding hydrogens is 286 g/mol. The Morgan fingerprint density at radius 3 is 2.53 bits per heavy atom. The molecular formula is C13H18ClNO3S. The normalized spacial score (nSPS) is 11.6. The van der Waals surface area contributed by atoms with Crippen molar-refractivity contribution >= 4 is 27.5 Å². The maximum atomic E-state index is 11.8. The van der Waals surface area contributed by atoms with Crippen molar-refractivity contribution in [2.45, 2.75) is 27.2 Å². The van der Waals surface area contributed by atoms with Gasteiger partial charge in [-0.25, -0.2) is 8.42 Å². The summed E-state index contributed by atoms with van der Waals surface area (Å²) in [5.74, 6) is -0.663. The average Bonchev–Trinajstić information content (AvgIpc) is 2.20. The second-order valence-corrected chi connectivity index (χ2v) is 7.09. The van der Waals surface area contributed by atoms with Gasteiger partial charge in [-0.3, -0.25) is 9.52 Å². The fourth-order valence-corrected chi connectivity index (χ4v) is 3.41. The Bertz CT molecular complexity index is 547. The van der Waals surface area contributed by atoms with Crippen LogP contribution in [0.15, 0.2) is 18.2 Å². The van der Waals surface area contributed by atoms with E-state index in [1.165, 1.54) is 0 Å². The Morgan fingerprint density at radius 1 is 1.37 bits per heavy atom. The molecule has 0 aliphatic carbocycles. The van der Waals surface area contributed by atoms with Crippen LogP contribution in [0.1, 0.15) is 25.0 Å². The van der Waals surface area contributed by atoms with E-state index in [4.69, 9.17) is 11.6 Å². The van der Waals surface area contributed by atoms with Crippen LogP contribution in [-0.2, 0) is 21.2 Å². The maximum Gasteiger partial charge on any atom is 0.237 e. The van der Waals surface area contributed by atoms with Gasteiger partial charge in [-0.05, 0) is 30.0 Å². The number of rotatable bonds is 5. The molecule has 6 heteroatoms. The van der Waals surface area contributed by atoms with E-state index >= 15 is 0 Å². The molecule has 0 heterocycles. The lowest BCUT2D eigenvalue weighted by atomic mass is 10.1. The minimum Gasteiger partial charge on any atom is -0.274 e. The molecule has 0 fully saturated rings. The number of benzene rings is 1. The van der Waals surface area contributed by atoms with Crippen LogP contribution in [0.2, 0.25) is 5.02 Å².